The maximum atomic E-state index is 13.1. The molecular formula is C22H28O2. The zero-order valence-electron chi connectivity index (χ0n) is 14.9. The first-order valence-electron chi connectivity index (χ1n) is 9.93. The lowest BCUT2D eigenvalue weighted by Gasteiger charge is -2.55. The van der Waals surface area contributed by atoms with Gasteiger partial charge in [-0.05, 0) is 72.8 Å². The maximum Gasteiger partial charge on any atom is 0.156 e. The number of fused-ring (bicyclic) bond motifs is 7. The van der Waals surface area contributed by atoms with E-state index in [1.54, 1.807) is 0 Å². The Morgan fingerprint density at radius 1 is 1.04 bits per heavy atom. The largest absolute Gasteiger partial charge is 0.299 e. The lowest BCUT2D eigenvalue weighted by atomic mass is 9.48. The van der Waals surface area contributed by atoms with Gasteiger partial charge in [0.15, 0.2) is 5.78 Å². The Morgan fingerprint density at radius 3 is 2.71 bits per heavy atom. The molecule has 4 unspecified atom stereocenters. The Balaban J connectivity index is 1.60. The molecule has 5 aliphatic carbocycles. The molecule has 24 heavy (non-hydrogen) atoms. The van der Waals surface area contributed by atoms with E-state index in [1.807, 2.05) is 6.08 Å². The minimum Gasteiger partial charge on any atom is -0.299 e. The van der Waals surface area contributed by atoms with Gasteiger partial charge in [0.05, 0.1) is 0 Å². The molecule has 0 saturated heterocycles. The second kappa shape index (κ2) is 4.71. The van der Waals surface area contributed by atoms with E-state index in [4.69, 9.17) is 0 Å². The fourth-order valence-corrected chi connectivity index (χ4v) is 7.49. The molecule has 0 radical (unpaired) electrons. The van der Waals surface area contributed by atoms with Crippen LogP contribution in [0, 0.1) is 40.4 Å². The van der Waals surface area contributed by atoms with Crippen LogP contribution in [0.2, 0.25) is 0 Å². The average Bonchev–Trinajstić information content (AvgIpc) is 3.10. The Kier molecular flexibility index (Phi) is 2.96. The zero-order chi connectivity index (χ0) is 16.7. The standard InChI is InChI=1S/C22H28O2/c1-21-10-8-14(23)12-13(21)6-7-17-18(21)9-11-22(2)19(17)15-4-3-5-16(15)20(22)24/h6-7,12,15-19H,3-5,8-11H2,1-2H3/t15?,16-,17?,18?,19?,21+,22+/m1/s1. The van der Waals surface area contributed by atoms with Crippen LogP contribution in [0.1, 0.15) is 58.8 Å². The minimum atomic E-state index is -0.0800. The zero-order valence-corrected chi connectivity index (χ0v) is 14.9. The predicted molar refractivity (Wildman–Crippen MR) is 93.2 cm³/mol. The summed E-state index contributed by atoms with van der Waals surface area (Å²) in [6, 6.07) is 0. The van der Waals surface area contributed by atoms with E-state index in [9.17, 15) is 9.59 Å². The molecule has 5 aliphatic rings. The van der Waals surface area contributed by atoms with Gasteiger partial charge in [-0.3, -0.25) is 9.59 Å². The van der Waals surface area contributed by atoms with Gasteiger partial charge in [0.25, 0.3) is 0 Å². The van der Waals surface area contributed by atoms with E-state index in [0.29, 0.717) is 41.8 Å². The molecular weight excluding hydrogens is 296 g/mol. The number of carbonyl (C=O) groups is 2. The second-order valence-corrected chi connectivity index (χ2v) is 9.57. The molecule has 5 rings (SSSR count). The van der Waals surface area contributed by atoms with Gasteiger partial charge < -0.3 is 0 Å². The van der Waals surface area contributed by atoms with Crippen molar-refractivity contribution in [3.8, 4) is 0 Å². The molecule has 2 nitrogen and oxygen atoms in total. The van der Waals surface area contributed by atoms with Crippen molar-refractivity contribution in [2.75, 3.05) is 0 Å². The summed E-state index contributed by atoms with van der Waals surface area (Å²) >= 11 is 0. The van der Waals surface area contributed by atoms with E-state index in [0.717, 1.165) is 25.7 Å². The molecule has 0 N–H and O–H groups in total. The molecule has 3 fully saturated rings. The molecule has 0 aliphatic heterocycles. The molecule has 0 aromatic rings. The fourth-order valence-electron chi connectivity index (χ4n) is 7.49. The number of allylic oxidation sites excluding steroid dienone is 4. The number of hydrogen-bond acceptors (Lipinski definition) is 2. The first kappa shape index (κ1) is 15.1. The number of Topliss-reactive ketones (excluding diaryl/α,β-unsaturated/α-hetero) is 1. The number of hydrogen-bond donors (Lipinski definition) is 0. The van der Waals surface area contributed by atoms with Crippen LogP contribution in [0.25, 0.3) is 0 Å². The maximum absolute atomic E-state index is 13.1. The van der Waals surface area contributed by atoms with Gasteiger partial charge in [-0.25, -0.2) is 0 Å². The van der Waals surface area contributed by atoms with Crippen molar-refractivity contribution in [3.05, 3.63) is 23.8 Å². The molecule has 2 heteroatoms. The van der Waals surface area contributed by atoms with Crippen LogP contribution in [-0.4, -0.2) is 11.6 Å². The Labute approximate surface area is 144 Å². The van der Waals surface area contributed by atoms with Crippen molar-refractivity contribution in [2.24, 2.45) is 40.4 Å². The van der Waals surface area contributed by atoms with Gasteiger partial charge >= 0.3 is 0 Å². The van der Waals surface area contributed by atoms with Crippen molar-refractivity contribution < 1.29 is 9.59 Å². The van der Waals surface area contributed by atoms with Crippen molar-refractivity contribution >= 4 is 11.6 Å². The first-order valence-corrected chi connectivity index (χ1v) is 9.93. The number of carbonyl (C=O) groups excluding carboxylic acids is 2. The van der Waals surface area contributed by atoms with Gasteiger partial charge in [-0.1, -0.05) is 32.4 Å². The minimum absolute atomic E-state index is 0.0800. The van der Waals surface area contributed by atoms with E-state index in [1.165, 1.54) is 18.4 Å². The SMILES string of the molecule is C[C@]12CCC(=O)C=C1C=CC1C2CC[C@]2(C)C(=O)[C@@H]3CCCC3C12. The third-order valence-electron chi connectivity index (χ3n) is 8.70. The van der Waals surface area contributed by atoms with Crippen LogP contribution >= 0.6 is 0 Å². The molecule has 128 valence electrons. The Hall–Kier alpha value is -1.18. The lowest BCUT2D eigenvalue weighted by Crippen LogP contribution is -2.50. The van der Waals surface area contributed by atoms with Gasteiger partial charge in [0.1, 0.15) is 5.78 Å². The highest BCUT2D eigenvalue weighted by Gasteiger charge is 2.64. The van der Waals surface area contributed by atoms with Crippen LogP contribution < -0.4 is 0 Å². The second-order valence-electron chi connectivity index (χ2n) is 9.57. The van der Waals surface area contributed by atoms with Crippen LogP contribution in [0.5, 0.6) is 0 Å². The average molecular weight is 324 g/mol. The summed E-state index contributed by atoms with van der Waals surface area (Å²) in [5.41, 5.74) is 1.33. The van der Waals surface area contributed by atoms with Crippen LogP contribution in [-0.2, 0) is 9.59 Å². The quantitative estimate of drug-likeness (QED) is 0.657. The lowest BCUT2D eigenvalue weighted by molar-refractivity contribution is -0.133. The smallest absolute Gasteiger partial charge is 0.156 e. The molecule has 0 aromatic carbocycles. The summed E-state index contributed by atoms with van der Waals surface area (Å²) in [5, 5.41) is 0. The predicted octanol–water partition coefficient (Wildman–Crippen LogP) is 4.50. The van der Waals surface area contributed by atoms with E-state index >= 15 is 0 Å². The van der Waals surface area contributed by atoms with Crippen LogP contribution in [0.4, 0.5) is 0 Å². The highest BCUT2D eigenvalue weighted by atomic mass is 16.1. The molecule has 0 spiro atoms. The topological polar surface area (TPSA) is 34.1 Å². The van der Waals surface area contributed by atoms with E-state index < -0.39 is 0 Å². The molecule has 0 bridgehead atoms. The number of rotatable bonds is 0. The Bertz CT molecular complexity index is 686. The third-order valence-corrected chi connectivity index (χ3v) is 8.70. The van der Waals surface area contributed by atoms with Crippen molar-refractivity contribution in [1.82, 2.24) is 0 Å². The summed E-state index contributed by atoms with van der Waals surface area (Å²) in [6.45, 7) is 4.67. The third kappa shape index (κ3) is 1.68. The highest BCUT2D eigenvalue weighted by Crippen LogP contribution is 2.67. The van der Waals surface area contributed by atoms with Crippen LogP contribution in [0.3, 0.4) is 0 Å². The fraction of sp³-hybridized carbons (Fsp3) is 0.727. The summed E-state index contributed by atoms with van der Waals surface area (Å²) in [7, 11) is 0. The summed E-state index contributed by atoms with van der Waals surface area (Å²) < 4.78 is 0. The monoisotopic (exact) mass is 324 g/mol. The van der Waals surface area contributed by atoms with E-state index in [-0.39, 0.29) is 16.6 Å². The summed E-state index contributed by atoms with van der Waals surface area (Å²) in [5.74, 6) is 3.56. The first-order chi connectivity index (χ1) is 11.4. The molecule has 0 heterocycles. The van der Waals surface area contributed by atoms with Gasteiger partial charge in [0, 0.05) is 17.8 Å². The van der Waals surface area contributed by atoms with Crippen LogP contribution in [0.15, 0.2) is 23.8 Å². The molecule has 0 aromatic heterocycles. The normalized spacial score (nSPS) is 52.4. The molecule has 0 amide bonds. The van der Waals surface area contributed by atoms with Crippen molar-refractivity contribution in [3.63, 3.8) is 0 Å². The summed E-state index contributed by atoms with van der Waals surface area (Å²) in [6.07, 6.45) is 14.1. The Morgan fingerprint density at radius 2 is 1.88 bits per heavy atom. The molecule has 7 atom stereocenters. The van der Waals surface area contributed by atoms with Gasteiger partial charge in [-0.15, -0.1) is 0 Å². The van der Waals surface area contributed by atoms with Crippen molar-refractivity contribution in [1.29, 1.82) is 0 Å². The summed E-state index contributed by atoms with van der Waals surface area (Å²) in [4.78, 5) is 25.0. The van der Waals surface area contributed by atoms with Crippen molar-refractivity contribution in [2.45, 2.75) is 58.8 Å². The van der Waals surface area contributed by atoms with Gasteiger partial charge in [0.2, 0.25) is 0 Å². The highest BCUT2D eigenvalue weighted by molar-refractivity contribution is 5.92. The number of ketones is 2. The van der Waals surface area contributed by atoms with E-state index in [2.05, 4.69) is 26.0 Å². The molecule has 3 saturated carbocycles. The van der Waals surface area contributed by atoms with Gasteiger partial charge in [-0.2, -0.15) is 0 Å².